The first-order valence-corrected chi connectivity index (χ1v) is 7.02. The number of nitrogens with zero attached hydrogens (tertiary/aromatic N) is 1. The zero-order valence-electron chi connectivity index (χ0n) is 11.4. The summed E-state index contributed by atoms with van der Waals surface area (Å²) in [6.07, 6.45) is 7.29. The highest BCUT2D eigenvalue weighted by molar-refractivity contribution is 5.88. The summed E-state index contributed by atoms with van der Waals surface area (Å²) in [6, 6.07) is -0.189. The number of esters is 1. The normalized spacial score (nSPS) is 26.7. The average molecular weight is 253 g/mol. The van der Waals surface area contributed by atoms with E-state index < -0.39 is 0 Å². The van der Waals surface area contributed by atoms with E-state index >= 15 is 0 Å². The molecule has 1 saturated heterocycles. The van der Waals surface area contributed by atoms with Gasteiger partial charge in [0.15, 0.2) is 0 Å². The largest absolute Gasteiger partial charge is 0.467 e. The lowest BCUT2D eigenvalue weighted by atomic mass is 9.98. The fourth-order valence-electron chi connectivity index (χ4n) is 3.46. The summed E-state index contributed by atoms with van der Waals surface area (Å²) in [5.41, 5.74) is 0. The number of rotatable bonds is 4. The van der Waals surface area contributed by atoms with Gasteiger partial charge in [0.2, 0.25) is 5.91 Å². The molecular weight excluding hydrogens is 230 g/mol. The molecule has 1 amide bonds. The summed E-state index contributed by atoms with van der Waals surface area (Å²) in [7, 11) is 1.39. The Labute approximate surface area is 109 Å². The van der Waals surface area contributed by atoms with Crippen LogP contribution in [0.1, 0.15) is 51.9 Å². The SMILES string of the molecule is COC(=O)C1CCC(=O)N1C(C)CC1CCCC1. The third kappa shape index (κ3) is 2.68. The monoisotopic (exact) mass is 253 g/mol. The topological polar surface area (TPSA) is 46.6 Å². The van der Waals surface area contributed by atoms with Gasteiger partial charge in [-0.15, -0.1) is 0 Å². The maximum absolute atomic E-state index is 11.9. The molecule has 1 heterocycles. The van der Waals surface area contributed by atoms with Gasteiger partial charge in [-0.2, -0.15) is 0 Å². The third-order valence-electron chi connectivity index (χ3n) is 4.35. The van der Waals surface area contributed by atoms with Crippen molar-refractivity contribution in [3.63, 3.8) is 0 Å². The van der Waals surface area contributed by atoms with Gasteiger partial charge in [0.1, 0.15) is 6.04 Å². The van der Waals surface area contributed by atoms with Crippen LogP contribution in [0.15, 0.2) is 0 Å². The molecule has 0 spiro atoms. The minimum Gasteiger partial charge on any atom is -0.467 e. The highest BCUT2D eigenvalue weighted by Gasteiger charge is 2.40. The van der Waals surface area contributed by atoms with Crippen LogP contribution in [0.4, 0.5) is 0 Å². The maximum atomic E-state index is 11.9. The van der Waals surface area contributed by atoms with Crippen LogP contribution in [0.25, 0.3) is 0 Å². The lowest BCUT2D eigenvalue weighted by molar-refractivity contribution is -0.150. The summed E-state index contributed by atoms with van der Waals surface area (Å²) in [5, 5.41) is 0. The number of ether oxygens (including phenoxy) is 1. The van der Waals surface area contributed by atoms with Crippen LogP contribution >= 0.6 is 0 Å². The second-order valence-electron chi connectivity index (χ2n) is 5.61. The minimum atomic E-state index is -0.348. The van der Waals surface area contributed by atoms with E-state index in [4.69, 9.17) is 4.74 Å². The Bertz CT molecular complexity index is 323. The molecule has 2 fully saturated rings. The van der Waals surface area contributed by atoms with Crippen LogP contribution in [0.5, 0.6) is 0 Å². The van der Waals surface area contributed by atoms with E-state index in [0.29, 0.717) is 12.8 Å². The predicted octanol–water partition coefficient (Wildman–Crippen LogP) is 2.12. The van der Waals surface area contributed by atoms with E-state index in [1.54, 1.807) is 4.90 Å². The second-order valence-corrected chi connectivity index (χ2v) is 5.61. The summed E-state index contributed by atoms with van der Waals surface area (Å²) in [6.45, 7) is 2.07. The number of methoxy groups -OCH3 is 1. The van der Waals surface area contributed by atoms with Gasteiger partial charge in [-0.25, -0.2) is 4.79 Å². The van der Waals surface area contributed by atoms with Crippen LogP contribution in [0.3, 0.4) is 0 Å². The van der Waals surface area contributed by atoms with Crippen molar-refractivity contribution in [1.82, 2.24) is 4.90 Å². The summed E-state index contributed by atoms with van der Waals surface area (Å²) < 4.78 is 4.80. The molecule has 2 rings (SSSR count). The van der Waals surface area contributed by atoms with E-state index in [1.165, 1.54) is 32.8 Å². The number of hydrogen-bond acceptors (Lipinski definition) is 3. The number of hydrogen-bond donors (Lipinski definition) is 0. The predicted molar refractivity (Wildman–Crippen MR) is 67.9 cm³/mol. The minimum absolute atomic E-state index is 0.107. The quantitative estimate of drug-likeness (QED) is 0.721. The molecule has 0 bridgehead atoms. The van der Waals surface area contributed by atoms with E-state index in [2.05, 4.69) is 6.92 Å². The lowest BCUT2D eigenvalue weighted by Gasteiger charge is -2.31. The molecule has 4 heteroatoms. The molecule has 1 aliphatic heterocycles. The van der Waals surface area contributed by atoms with Crippen molar-refractivity contribution in [3.8, 4) is 0 Å². The first-order chi connectivity index (χ1) is 8.63. The standard InChI is InChI=1S/C14H23NO3/c1-10(9-11-5-3-4-6-11)15-12(14(17)18-2)7-8-13(15)16/h10-12H,3-9H2,1-2H3. The van der Waals surface area contributed by atoms with Crippen LogP contribution in [-0.4, -0.2) is 36.0 Å². The Balaban J connectivity index is 1.98. The molecule has 1 saturated carbocycles. The van der Waals surface area contributed by atoms with Gasteiger partial charge >= 0.3 is 5.97 Å². The zero-order chi connectivity index (χ0) is 13.1. The number of carbonyl (C=O) groups is 2. The van der Waals surface area contributed by atoms with E-state index in [9.17, 15) is 9.59 Å². The number of likely N-dealkylation sites (tertiary alicyclic amines) is 1. The van der Waals surface area contributed by atoms with Gasteiger partial charge in [-0.1, -0.05) is 25.7 Å². The Kier molecular flexibility index (Phi) is 4.25. The fraction of sp³-hybridized carbons (Fsp3) is 0.857. The molecule has 0 N–H and O–H groups in total. The Hall–Kier alpha value is -1.06. The van der Waals surface area contributed by atoms with Gasteiger partial charge in [-0.3, -0.25) is 4.79 Å². The van der Waals surface area contributed by atoms with Crippen molar-refractivity contribution >= 4 is 11.9 Å². The summed E-state index contributed by atoms with van der Waals surface area (Å²) >= 11 is 0. The first kappa shape index (κ1) is 13.4. The Morgan fingerprint density at radius 2 is 2.06 bits per heavy atom. The van der Waals surface area contributed by atoms with E-state index in [1.807, 2.05) is 0 Å². The van der Waals surface area contributed by atoms with Crippen molar-refractivity contribution in [1.29, 1.82) is 0 Å². The molecule has 2 unspecified atom stereocenters. The van der Waals surface area contributed by atoms with Crippen LogP contribution in [0.2, 0.25) is 0 Å². The van der Waals surface area contributed by atoms with Gasteiger partial charge < -0.3 is 9.64 Å². The summed E-state index contributed by atoms with van der Waals surface area (Å²) in [5.74, 6) is 0.571. The molecule has 4 nitrogen and oxygen atoms in total. The van der Waals surface area contributed by atoms with Crippen LogP contribution < -0.4 is 0 Å². The molecule has 102 valence electrons. The van der Waals surface area contributed by atoms with Crippen LogP contribution in [-0.2, 0) is 14.3 Å². The Morgan fingerprint density at radius 1 is 1.39 bits per heavy atom. The van der Waals surface area contributed by atoms with Gasteiger partial charge in [-0.05, 0) is 25.7 Å². The number of carbonyl (C=O) groups excluding carboxylic acids is 2. The van der Waals surface area contributed by atoms with Gasteiger partial charge in [0.05, 0.1) is 7.11 Å². The molecule has 0 aromatic rings. The van der Waals surface area contributed by atoms with Crippen LogP contribution in [0, 0.1) is 5.92 Å². The van der Waals surface area contributed by atoms with Crippen molar-refractivity contribution in [2.24, 2.45) is 5.92 Å². The van der Waals surface area contributed by atoms with Crippen molar-refractivity contribution in [2.75, 3.05) is 7.11 Å². The smallest absolute Gasteiger partial charge is 0.328 e. The van der Waals surface area contributed by atoms with E-state index in [-0.39, 0.29) is 24.0 Å². The maximum Gasteiger partial charge on any atom is 0.328 e. The molecule has 18 heavy (non-hydrogen) atoms. The van der Waals surface area contributed by atoms with Crippen molar-refractivity contribution in [2.45, 2.75) is 64.0 Å². The molecule has 0 aromatic heterocycles. The van der Waals surface area contributed by atoms with Crippen molar-refractivity contribution < 1.29 is 14.3 Å². The second kappa shape index (κ2) is 5.72. The lowest BCUT2D eigenvalue weighted by Crippen LogP contribution is -2.45. The molecule has 2 aliphatic rings. The van der Waals surface area contributed by atoms with Crippen molar-refractivity contribution in [3.05, 3.63) is 0 Å². The average Bonchev–Trinajstić information content (AvgIpc) is 2.97. The molecule has 1 aliphatic carbocycles. The summed E-state index contributed by atoms with van der Waals surface area (Å²) in [4.78, 5) is 25.4. The highest BCUT2D eigenvalue weighted by atomic mass is 16.5. The molecule has 0 aromatic carbocycles. The number of amides is 1. The first-order valence-electron chi connectivity index (χ1n) is 7.02. The molecular formula is C14H23NO3. The Morgan fingerprint density at radius 3 is 2.67 bits per heavy atom. The van der Waals surface area contributed by atoms with Gasteiger partial charge in [0, 0.05) is 12.5 Å². The molecule has 0 radical (unpaired) electrons. The van der Waals surface area contributed by atoms with E-state index in [0.717, 1.165) is 12.3 Å². The third-order valence-corrected chi connectivity index (χ3v) is 4.35. The zero-order valence-corrected chi connectivity index (χ0v) is 11.4. The van der Waals surface area contributed by atoms with Gasteiger partial charge in [0.25, 0.3) is 0 Å². The molecule has 2 atom stereocenters. The highest BCUT2D eigenvalue weighted by Crippen LogP contribution is 2.32. The fourth-order valence-corrected chi connectivity index (χ4v) is 3.46.